The van der Waals surface area contributed by atoms with E-state index in [-0.39, 0.29) is 5.91 Å². The smallest absolute Gasteiger partial charge is 0.227 e. The van der Waals surface area contributed by atoms with Gasteiger partial charge in [0.05, 0.1) is 18.1 Å². The molecule has 2 heterocycles. The predicted octanol–water partition coefficient (Wildman–Crippen LogP) is 1.39. The summed E-state index contributed by atoms with van der Waals surface area (Å²) in [7, 11) is 0. The van der Waals surface area contributed by atoms with Crippen LogP contribution in [0.5, 0.6) is 0 Å². The zero-order valence-corrected chi connectivity index (χ0v) is 9.28. The lowest BCUT2D eigenvalue weighted by atomic mass is 10.2. The molecule has 0 unspecified atom stereocenters. The molecule has 0 atom stereocenters. The number of carbonyl (C=O) groups excluding carboxylic acids is 1. The lowest BCUT2D eigenvalue weighted by Crippen LogP contribution is -2.23. The monoisotopic (exact) mass is 228 g/mol. The number of hydrogen-bond acceptors (Lipinski definition) is 3. The number of aromatic nitrogens is 3. The van der Waals surface area contributed by atoms with E-state index in [0.717, 1.165) is 24.3 Å². The molecule has 1 saturated heterocycles. The van der Waals surface area contributed by atoms with Gasteiger partial charge in [-0.2, -0.15) is 0 Å². The standard InChI is InChI=1S/C12H12N4O/c17-12-5-2-7-15(12)10-3-1-4-11(9-10)16-8-6-13-14-16/h1,3-4,6,8-9H,2,5,7H2. The van der Waals surface area contributed by atoms with E-state index < -0.39 is 0 Å². The average molecular weight is 228 g/mol. The molecule has 1 aliphatic rings. The van der Waals surface area contributed by atoms with Crippen molar-refractivity contribution in [3.8, 4) is 5.69 Å². The van der Waals surface area contributed by atoms with Gasteiger partial charge in [-0.25, -0.2) is 4.68 Å². The van der Waals surface area contributed by atoms with Crippen molar-refractivity contribution in [3.05, 3.63) is 36.7 Å². The fourth-order valence-electron chi connectivity index (χ4n) is 2.07. The topological polar surface area (TPSA) is 51.0 Å². The molecule has 1 aliphatic heterocycles. The first-order chi connectivity index (χ1) is 8.34. The van der Waals surface area contributed by atoms with Crippen LogP contribution in [-0.2, 0) is 4.79 Å². The molecule has 3 rings (SSSR count). The third-order valence-electron chi connectivity index (χ3n) is 2.90. The Kier molecular flexibility index (Phi) is 2.36. The first-order valence-corrected chi connectivity index (χ1v) is 5.62. The Labute approximate surface area is 98.7 Å². The van der Waals surface area contributed by atoms with Gasteiger partial charge >= 0.3 is 0 Å². The van der Waals surface area contributed by atoms with Gasteiger partial charge in [0.1, 0.15) is 0 Å². The highest BCUT2D eigenvalue weighted by Gasteiger charge is 2.21. The van der Waals surface area contributed by atoms with E-state index >= 15 is 0 Å². The Balaban J connectivity index is 1.97. The minimum Gasteiger partial charge on any atom is -0.312 e. The lowest BCUT2D eigenvalue weighted by Gasteiger charge is -2.16. The quantitative estimate of drug-likeness (QED) is 0.780. The summed E-state index contributed by atoms with van der Waals surface area (Å²) < 4.78 is 1.68. The van der Waals surface area contributed by atoms with E-state index in [1.165, 1.54) is 0 Å². The van der Waals surface area contributed by atoms with Gasteiger partial charge in [-0.1, -0.05) is 11.3 Å². The van der Waals surface area contributed by atoms with Crippen molar-refractivity contribution in [2.45, 2.75) is 12.8 Å². The molecule has 0 aliphatic carbocycles. The zero-order valence-electron chi connectivity index (χ0n) is 9.28. The van der Waals surface area contributed by atoms with E-state index in [4.69, 9.17) is 0 Å². The molecule has 1 amide bonds. The van der Waals surface area contributed by atoms with Crippen molar-refractivity contribution in [1.82, 2.24) is 15.0 Å². The molecule has 0 spiro atoms. The fourth-order valence-corrected chi connectivity index (χ4v) is 2.07. The van der Waals surface area contributed by atoms with Crippen LogP contribution in [0.25, 0.3) is 5.69 Å². The molecule has 0 radical (unpaired) electrons. The highest BCUT2D eigenvalue weighted by Crippen LogP contribution is 2.23. The number of amides is 1. The lowest BCUT2D eigenvalue weighted by molar-refractivity contribution is -0.117. The molecule has 5 heteroatoms. The van der Waals surface area contributed by atoms with E-state index in [0.29, 0.717) is 6.42 Å². The van der Waals surface area contributed by atoms with E-state index in [1.807, 2.05) is 29.2 Å². The zero-order chi connectivity index (χ0) is 11.7. The summed E-state index contributed by atoms with van der Waals surface area (Å²) in [5, 5.41) is 7.71. The van der Waals surface area contributed by atoms with Crippen LogP contribution in [0.15, 0.2) is 36.7 Å². The first-order valence-electron chi connectivity index (χ1n) is 5.62. The van der Waals surface area contributed by atoms with Crippen molar-refractivity contribution in [1.29, 1.82) is 0 Å². The van der Waals surface area contributed by atoms with Crippen LogP contribution in [0, 0.1) is 0 Å². The fraction of sp³-hybridized carbons (Fsp3) is 0.250. The van der Waals surface area contributed by atoms with Gasteiger partial charge in [0.25, 0.3) is 0 Å². The summed E-state index contributed by atoms with van der Waals surface area (Å²) in [4.78, 5) is 13.5. The maximum atomic E-state index is 11.7. The molecule has 17 heavy (non-hydrogen) atoms. The largest absolute Gasteiger partial charge is 0.312 e. The summed E-state index contributed by atoms with van der Waals surface area (Å²) in [6.45, 7) is 0.805. The summed E-state index contributed by atoms with van der Waals surface area (Å²) in [6.07, 6.45) is 5.00. The molecule has 5 nitrogen and oxygen atoms in total. The van der Waals surface area contributed by atoms with Crippen LogP contribution in [-0.4, -0.2) is 27.4 Å². The first kappa shape index (κ1) is 10.0. The van der Waals surface area contributed by atoms with Crippen molar-refractivity contribution in [2.24, 2.45) is 0 Å². The minimum atomic E-state index is 0.195. The molecule has 0 bridgehead atoms. The van der Waals surface area contributed by atoms with Gasteiger partial charge in [0, 0.05) is 18.7 Å². The number of anilines is 1. The number of nitrogens with zero attached hydrogens (tertiary/aromatic N) is 4. The van der Waals surface area contributed by atoms with Crippen molar-refractivity contribution < 1.29 is 4.79 Å². The Morgan fingerprint density at radius 2 is 2.12 bits per heavy atom. The highest BCUT2D eigenvalue weighted by molar-refractivity contribution is 5.95. The second-order valence-corrected chi connectivity index (χ2v) is 4.02. The van der Waals surface area contributed by atoms with Gasteiger partial charge < -0.3 is 4.90 Å². The second-order valence-electron chi connectivity index (χ2n) is 4.02. The van der Waals surface area contributed by atoms with Crippen LogP contribution in [0.2, 0.25) is 0 Å². The Bertz CT molecular complexity index is 535. The second kappa shape index (κ2) is 4.01. The van der Waals surface area contributed by atoms with Gasteiger partial charge in [-0.3, -0.25) is 4.79 Å². The minimum absolute atomic E-state index is 0.195. The van der Waals surface area contributed by atoms with Crippen LogP contribution >= 0.6 is 0 Å². The Hall–Kier alpha value is -2.17. The number of carbonyl (C=O) groups is 1. The normalized spacial score (nSPS) is 15.5. The van der Waals surface area contributed by atoms with Gasteiger partial charge in [0.2, 0.25) is 5.91 Å². The third kappa shape index (κ3) is 1.80. The third-order valence-corrected chi connectivity index (χ3v) is 2.90. The SMILES string of the molecule is O=C1CCCN1c1cccc(-n2ccnn2)c1. The molecule has 2 aromatic rings. The Morgan fingerprint density at radius 1 is 1.24 bits per heavy atom. The molecule has 0 saturated carbocycles. The Morgan fingerprint density at radius 3 is 2.82 bits per heavy atom. The van der Waals surface area contributed by atoms with Crippen LogP contribution in [0.1, 0.15) is 12.8 Å². The maximum absolute atomic E-state index is 11.7. The van der Waals surface area contributed by atoms with Crippen LogP contribution < -0.4 is 4.90 Å². The summed E-state index contributed by atoms with van der Waals surface area (Å²) in [5.74, 6) is 0.195. The van der Waals surface area contributed by atoms with Crippen molar-refractivity contribution >= 4 is 11.6 Å². The molecule has 86 valence electrons. The van der Waals surface area contributed by atoms with Crippen LogP contribution in [0.4, 0.5) is 5.69 Å². The van der Waals surface area contributed by atoms with E-state index in [1.54, 1.807) is 17.1 Å². The predicted molar refractivity (Wildman–Crippen MR) is 62.9 cm³/mol. The van der Waals surface area contributed by atoms with Crippen molar-refractivity contribution in [3.63, 3.8) is 0 Å². The molecule has 1 aromatic heterocycles. The van der Waals surface area contributed by atoms with Crippen molar-refractivity contribution in [2.75, 3.05) is 11.4 Å². The van der Waals surface area contributed by atoms with Gasteiger partial charge in [-0.05, 0) is 24.6 Å². The van der Waals surface area contributed by atoms with Gasteiger partial charge in [0.15, 0.2) is 0 Å². The maximum Gasteiger partial charge on any atom is 0.227 e. The molecule has 0 N–H and O–H groups in total. The van der Waals surface area contributed by atoms with Crippen LogP contribution in [0.3, 0.4) is 0 Å². The highest BCUT2D eigenvalue weighted by atomic mass is 16.2. The van der Waals surface area contributed by atoms with E-state index in [2.05, 4.69) is 10.3 Å². The number of hydrogen-bond donors (Lipinski definition) is 0. The van der Waals surface area contributed by atoms with Gasteiger partial charge in [-0.15, -0.1) is 5.10 Å². The molecular formula is C12H12N4O. The molecule has 1 fully saturated rings. The average Bonchev–Trinajstić information content (AvgIpc) is 2.99. The summed E-state index contributed by atoms with van der Waals surface area (Å²) in [5.41, 5.74) is 1.85. The molecule has 1 aromatic carbocycles. The number of rotatable bonds is 2. The van der Waals surface area contributed by atoms with E-state index in [9.17, 15) is 4.79 Å². The molecular weight excluding hydrogens is 216 g/mol. The number of benzene rings is 1. The summed E-state index contributed by atoms with van der Waals surface area (Å²) in [6, 6.07) is 7.78. The summed E-state index contributed by atoms with van der Waals surface area (Å²) >= 11 is 0.